The molecule has 0 aliphatic heterocycles. The Hall–Kier alpha value is -1.54. The number of aryl methyl sites for hydroxylation is 1. The second kappa shape index (κ2) is 5.84. The summed E-state index contributed by atoms with van der Waals surface area (Å²) in [6.45, 7) is 3.33. The number of hydrogen-bond acceptors (Lipinski definition) is 1. The molecule has 20 heavy (non-hydrogen) atoms. The second-order valence-electron chi connectivity index (χ2n) is 5.88. The Kier molecular flexibility index (Phi) is 3.93. The first-order valence-corrected chi connectivity index (χ1v) is 7.69. The molecular formula is C18H24N2. The van der Waals surface area contributed by atoms with E-state index in [1.165, 1.54) is 25.0 Å². The first-order chi connectivity index (χ1) is 9.79. The van der Waals surface area contributed by atoms with Crippen LogP contribution in [0.15, 0.2) is 42.6 Å². The molecule has 1 aliphatic rings. The largest absolute Gasteiger partial charge is 0.349 e. The van der Waals surface area contributed by atoms with Gasteiger partial charge in [0, 0.05) is 30.4 Å². The highest BCUT2D eigenvalue weighted by molar-refractivity contribution is 5.32. The van der Waals surface area contributed by atoms with Crippen molar-refractivity contribution in [3.05, 3.63) is 59.4 Å². The lowest BCUT2D eigenvalue weighted by Gasteiger charge is -2.27. The van der Waals surface area contributed by atoms with E-state index in [2.05, 4.69) is 59.4 Å². The van der Waals surface area contributed by atoms with E-state index in [0.29, 0.717) is 12.0 Å². The van der Waals surface area contributed by atoms with Crippen LogP contribution in [0.3, 0.4) is 0 Å². The van der Waals surface area contributed by atoms with E-state index in [1.54, 1.807) is 11.1 Å². The Morgan fingerprint density at radius 1 is 1.25 bits per heavy atom. The van der Waals surface area contributed by atoms with E-state index < -0.39 is 0 Å². The Morgan fingerprint density at radius 2 is 2.10 bits per heavy atom. The molecule has 1 aliphatic carbocycles. The van der Waals surface area contributed by atoms with Crippen LogP contribution >= 0.6 is 0 Å². The van der Waals surface area contributed by atoms with Gasteiger partial charge in [0.1, 0.15) is 0 Å². The van der Waals surface area contributed by atoms with Gasteiger partial charge in [-0.25, -0.2) is 0 Å². The number of nitrogens with zero attached hydrogens (tertiary/aromatic N) is 1. The number of fused-ring (bicyclic) bond motifs is 1. The molecular weight excluding hydrogens is 244 g/mol. The van der Waals surface area contributed by atoms with E-state index in [4.69, 9.17) is 0 Å². The van der Waals surface area contributed by atoms with Gasteiger partial charge in [0.15, 0.2) is 0 Å². The molecule has 2 atom stereocenters. The first kappa shape index (κ1) is 13.4. The molecule has 106 valence electrons. The molecule has 2 aromatic rings. The first-order valence-electron chi connectivity index (χ1n) is 7.69. The molecule has 0 saturated heterocycles. The van der Waals surface area contributed by atoms with Crippen molar-refractivity contribution in [3.8, 4) is 0 Å². The highest BCUT2D eigenvalue weighted by Gasteiger charge is 2.21. The third-order valence-electron chi connectivity index (χ3n) is 4.65. The fourth-order valence-electron chi connectivity index (χ4n) is 3.42. The van der Waals surface area contributed by atoms with Crippen molar-refractivity contribution in [1.82, 2.24) is 9.88 Å². The standard InChI is InChI=1S/C18H24N2/c1-14(19-2)18-11-6-12-20(18)13-16-9-5-8-15-7-3-4-10-17(15)16/h3-4,6-7,10-12,14,16,19H,5,8-9,13H2,1-2H3. The maximum atomic E-state index is 3.34. The number of benzene rings is 1. The van der Waals surface area contributed by atoms with Crippen molar-refractivity contribution < 1.29 is 0 Å². The fourth-order valence-corrected chi connectivity index (χ4v) is 3.42. The van der Waals surface area contributed by atoms with E-state index in [1.807, 2.05) is 7.05 Å². The predicted molar refractivity (Wildman–Crippen MR) is 84.0 cm³/mol. The van der Waals surface area contributed by atoms with Gasteiger partial charge in [0.25, 0.3) is 0 Å². The minimum Gasteiger partial charge on any atom is -0.349 e. The molecule has 1 aromatic heterocycles. The van der Waals surface area contributed by atoms with Crippen molar-refractivity contribution >= 4 is 0 Å². The highest BCUT2D eigenvalue weighted by Crippen LogP contribution is 2.33. The van der Waals surface area contributed by atoms with Crippen LogP contribution in [-0.4, -0.2) is 11.6 Å². The summed E-state index contributed by atoms with van der Waals surface area (Å²) in [5.74, 6) is 0.662. The van der Waals surface area contributed by atoms with E-state index >= 15 is 0 Å². The zero-order valence-corrected chi connectivity index (χ0v) is 12.5. The number of hydrogen-bond donors (Lipinski definition) is 1. The molecule has 3 rings (SSSR count). The Morgan fingerprint density at radius 3 is 2.95 bits per heavy atom. The maximum absolute atomic E-state index is 3.34. The van der Waals surface area contributed by atoms with Crippen LogP contribution in [0, 0.1) is 0 Å². The summed E-state index contributed by atoms with van der Waals surface area (Å²) in [5, 5.41) is 3.34. The Labute approximate surface area is 121 Å². The minimum absolute atomic E-state index is 0.406. The van der Waals surface area contributed by atoms with Gasteiger partial charge in [-0.3, -0.25) is 0 Å². The molecule has 2 nitrogen and oxygen atoms in total. The fraction of sp³-hybridized carbons (Fsp3) is 0.444. The van der Waals surface area contributed by atoms with E-state index in [9.17, 15) is 0 Å². The molecule has 0 radical (unpaired) electrons. The summed E-state index contributed by atoms with van der Waals surface area (Å²) in [7, 11) is 2.03. The zero-order chi connectivity index (χ0) is 13.9. The number of aromatic nitrogens is 1. The molecule has 0 amide bonds. The van der Waals surface area contributed by atoms with Crippen molar-refractivity contribution in [2.75, 3.05) is 7.05 Å². The average Bonchev–Trinajstić information content (AvgIpc) is 2.95. The molecule has 2 heteroatoms. The summed E-state index contributed by atoms with van der Waals surface area (Å²) in [5.41, 5.74) is 4.50. The summed E-state index contributed by atoms with van der Waals surface area (Å²) in [6, 6.07) is 13.8. The smallest absolute Gasteiger partial charge is 0.0443 e. The van der Waals surface area contributed by atoms with Crippen molar-refractivity contribution in [2.24, 2.45) is 0 Å². The molecule has 1 heterocycles. The summed E-state index contributed by atoms with van der Waals surface area (Å²) < 4.78 is 2.42. The van der Waals surface area contributed by atoms with Gasteiger partial charge < -0.3 is 9.88 Å². The van der Waals surface area contributed by atoms with Crippen LogP contribution < -0.4 is 5.32 Å². The zero-order valence-electron chi connectivity index (χ0n) is 12.5. The molecule has 0 bridgehead atoms. The van der Waals surface area contributed by atoms with Crippen LogP contribution in [0.5, 0.6) is 0 Å². The third kappa shape index (κ3) is 2.53. The van der Waals surface area contributed by atoms with Gasteiger partial charge in [-0.1, -0.05) is 24.3 Å². The highest BCUT2D eigenvalue weighted by atomic mass is 15.0. The van der Waals surface area contributed by atoms with E-state index in [-0.39, 0.29) is 0 Å². The minimum atomic E-state index is 0.406. The van der Waals surface area contributed by atoms with Crippen LogP contribution in [0.2, 0.25) is 0 Å². The number of rotatable bonds is 4. The molecule has 0 saturated carbocycles. The maximum Gasteiger partial charge on any atom is 0.0443 e. The lowest BCUT2D eigenvalue weighted by Crippen LogP contribution is -2.20. The molecule has 0 spiro atoms. The van der Waals surface area contributed by atoms with Crippen molar-refractivity contribution in [3.63, 3.8) is 0 Å². The topological polar surface area (TPSA) is 17.0 Å². The van der Waals surface area contributed by atoms with Gasteiger partial charge in [0.05, 0.1) is 0 Å². The normalized spacial score (nSPS) is 19.6. The third-order valence-corrected chi connectivity index (χ3v) is 4.65. The SMILES string of the molecule is CNC(C)c1cccn1CC1CCCc2ccccc21. The average molecular weight is 268 g/mol. The van der Waals surface area contributed by atoms with Crippen molar-refractivity contribution in [2.45, 2.75) is 44.7 Å². The number of nitrogens with one attached hydrogen (secondary N) is 1. The second-order valence-corrected chi connectivity index (χ2v) is 5.88. The predicted octanol–water partition coefficient (Wildman–Crippen LogP) is 3.89. The summed E-state index contributed by atoms with van der Waals surface area (Å²) in [6.07, 6.45) is 6.10. The summed E-state index contributed by atoms with van der Waals surface area (Å²) in [4.78, 5) is 0. The van der Waals surface area contributed by atoms with Gasteiger partial charge in [0.2, 0.25) is 0 Å². The Balaban J connectivity index is 1.84. The lowest BCUT2D eigenvalue weighted by atomic mass is 9.83. The van der Waals surface area contributed by atoms with Gasteiger partial charge >= 0.3 is 0 Å². The van der Waals surface area contributed by atoms with Gasteiger partial charge in [-0.05, 0) is 56.5 Å². The van der Waals surface area contributed by atoms with Crippen LogP contribution in [0.1, 0.15) is 48.5 Å². The van der Waals surface area contributed by atoms with E-state index in [0.717, 1.165) is 6.54 Å². The van der Waals surface area contributed by atoms with Crippen LogP contribution in [0.25, 0.3) is 0 Å². The van der Waals surface area contributed by atoms with Gasteiger partial charge in [-0.15, -0.1) is 0 Å². The molecule has 1 aromatic carbocycles. The quantitative estimate of drug-likeness (QED) is 0.890. The summed E-state index contributed by atoms with van der Waals surface area (Å²) >= 11 is 0. The lowest BCUT2D eigenvalue weighted by molar-refractivity contribution is 0.463. The van der Waals surface area contributed by atoms with Gasteiger partial charge in [-0.2, -0.15) is 0 Å². The van der Waals surface area contributed by atoms with Crippen LogP contribution in [0.4, 0.5) is 0 Å². The van der Waals surface area contributed by atoms with Crippen molar-refractivity contribution in [1.29, 1.82) is 0 Å². The monoisotopic (exact) mass is 268 g/mol. The molecule has 0 fully saturated rings. The Bertz CT molecular complexity index is 570. The molecule has 1 N–H and O–H groups in total. The molecule has 2 unspecified atom stereocenters. The van der Waals surface area contributed by atoms with Crippen LogP contribution in [-0.2, 0) is 13.0 Å².